The van der Waals surface area contributed by atoms with E-state index in [0.717, 1.165) is 17.3 Å². The van der Waals surface area contributed by atoms with Crippen molar-refractivity contribution in [2.24, 2.45) is 0 Å². The Morgan fingerprint density at radius 2 is 0.827 bits per heavy atom. The Hall–Kier alpha value is -5.06. The molecule has 0 aromatic heterocycles. The SMILES string of the molecule is C.CC(C)(C)c1ccc(N)cc1F.CC(C)(C)c1ccc([N+](=O)[O-])cc1F.CC(C)(C)c1ccc([N+](=O)[O-])cc1N.CC(C)(C)c1ccccc1N. The van der Waals surface area contributed by atoms with Crippen molar-refractivity contribution in [2.75, 3.05) is 17.2 Å². The van der Waals surface area contributed by atoms with Gasteiger partial charge in [0.1, 0.15) is 11.6 Å². The Kier molecular flexibility index (Phi) is 16.6. The first-order valence-electron chi connectivity index (χ1n) is 16.5. The molecule has 0 bridgehead atoms. The molecule has 286 valence electrons. The zero-order valence-electron chi connectivity index (χ0n) is 32.0. The summed E-state index contributed by atoms with van der Waals surface area (Å²) in [5, 5.41) is 20.8. The van der Waals surface area contributed by atoms with Gasteiger partial charge >= 0.3 is 0 Å². The van der Waals surface area contributed by atoms with Crippen molar-refractivity contribution in [3.63, 3.8) is 0 Å². The third-order valence-electron chi connectivity index (χ3n) is 7.60. The molecule has 4 aromatic carbocycles. The third kappa shape index (κ3) is 14.7. The number of para-hydroxylation sites is 1. The Bertz CT molecular complexity index is 1730. The highest BCUT2D eigenvalue weighted by Crippen LogP contribution is 2.31. The van der Waals surface area contributed by atoms with Crippen molar-refractivity contribution >= 4 is 28.4 Å². The number of halogens is 2. The predicted molar refractivity (Wildman–Crippen MR) is 214 cm³/mol. The maximum atomic E-state index is 13.4. The molecular weight excluding hydrogens is 664 g/mol. The van der Waals surface area contributed by atoms with Crippen LogP contribution in [0.25, 0.3) is 0 Å². The average Bonchev–Trinajstić information content (AvgIpc) is 2.95. The summed E-state index contributed by atoms with van der Waals surface area (Å²) in [5.74, 6) is -0.741. The fraction of sp³-hybridized carbons (Fsp3) is 0.415. The molecule has 9 nitrogen and oxygen atoms in total. The molecule has 4 rings (SSSR count). The van der Waals surface area contributed by atoms with Gasteiger partial charge < -0.3 is 17.2 Å². The van der Waals surface area contributed by atoms with Crippen LogP contribution in [-0.4, -0.2) is 9.85 Å². The maximum absolute atomic E-state index is 13.4. The number of nitro benzene ring substituents is 2. The van der Waals surface area contributed by atoms with E-state index in [0.29, 0.717) is 22.5 Å². The highest BCUT2D eigenvalue weighted by atomic mass is 19.1. The van der Waals surface area contributed by atoms with Crippen LogP contribution in [0.15, 0.2) is 78.9 Å². The van der Waals surface area contributed by atoms with E-state index < -0.39 is 15.7 Å². The summed E-state index contributed by atoms with van der Waals surface area (Å²) in [6.45, 7) is 24.0. The number of non-ortho nitro benzene ring substituents is 2. The molecule has 0 saturated heterocycles. The molecule has 6 N–H and O–H groups in total. The van der Waals surface area contributed by atoms with Crippen LogP contribution in [0, 0.1) is 31.9 Å². The number of benzene rings is 4. The lowest BCUT2D eigenvalue weighted by molar-refractivity contribution is -0.385. The smallest absolute Gasteiger partial charge is 0.272 e. The zero-order valence-corrected chi connectivity index (χ0v) is 32.0. The summed E-state index contributed by atoms with van der Waals surface area (Å²) >= 11 is 0. The number of hydrogen-bond acceptors (Lipinski definition) is 7. The fourth-order valence-electron chi connectivity index (χ4n) is 4.89. The van der Waals surface area contributed by atoms with Crippen molar-refractivity contribution in [2.45, 2.75) is 112 Å². The van der Waals surface area contributed by atoms with Gasteiger partial charge in [-0.05, 0) is 74.2 Å². The Balaban J connectivity index is 0.000000666. The lowest BCUT2D eigenvalue weighted by Crippen LogP contribution is -2.13. The monoisotopic (exact) mass is 723 g/mol. The van der Waals surface area contributed by atoms with Crippen molar-refractivity contribution in [1.29, 1.82) is 0 Å². The van der Waals surface area contributed by atoms with Crippen LogP contribution in [0.5, 0.6) is 0 Å². The summed E-state index contributed by atoms with van der Waals surface area (Å²) in [4.78, 5) is 19.8. The summed E-state index contributed by atoms with van der Waals surface area (Å²) in [6, 6.07) is 21.2. The zero-order chi connectivity index (χ0) is 39.7. The van der Waals surface area contributed by atoms with E-state index in [1.54, 1.807) is 18.2 Å². The van der Waals surface area contributed by atoms with Crippen molar-refractivity contribution < 1.29 is 18.6 Å². The average molecular weight is 724 g/mol. The molecule has 0 atom stereocenters. The van der Waals surface area contributed by atoms with Gasteiger partial charge in [0.15, 0.2) is 0 Å². The number of nitrogens with two attached hydrogens (primary N) is 3. The van der Waals surface area contributed by atoms with E-state index in [-0.39, 0.29) is 46.3 Å². The molecule has 52 heavy (non-hydrogen) atoms. The number of anilines is 3. The van der Waals surface area contributed by atoms with E-state index in [4.69, 9.17) is 17.2 Å². The quantitative estimate of drug-likeness (QED) is 0.105. The Labute approximate surface area is 308 Å². The molecule has 4 aromatic rings. The van der Waals surface area contributed by atoms with E-state index in [2.05, 4.69) is 26.8 Å². The number of nitrogens with zero attached hydrogens (tertiary/aromatic N) is 2. The standard InChI is InChI=1S/C10H12FNO2.C10H14FN.C10H14N2O2.C10H15N.CH4/c1-10(2,3)8-5-4-7(12(13)14)6-9(8)11;1-10(2,3)8-5-4-7(12)6-9(8)11;1-10(2,3)8-5-4-7(12(13)14)6-9(8)11;1-10(2,3)8-6-4-5-7-9(8)11;/h4-6H,1-3H3;4-6H,12H2,1-3H3;4-6H,11H2,1-3H3;4-7H,11H2,1-3H3;1H4. The molecule has 0 saturated carbocycles. The predicted octanol–water partition coefficient (Wildman–Crippen LogP) is 11.4. The largest absolute Gasteiger partial charge is 0.399 e. The van der Waals surface area contributed by atoms with Crippen LogP contribution < -0.4 is 17.2 Å². The van der Waals surface area contributed by atoms with Crippen molar-refractivity contribution in [3.8, 4) is 0 Å². The molecule has 0 aliphatic carbocycles. The molecule has 0 aliphatic heterocycles. The number of rotatable bonds is 2. The topological polar surface area (TPSA) is 164 Å². The first kappa shape index (κ1) is 46.9. The van der Waals surface area contributed by atoms with E-state index >= 15 is 0 Å². The second kappa shape index (κ2) is 18.4. The van der Waals surface area contributed by atoms with Gasteiger partial charge in [-0.1, -0.05) is 115 Å². The molecule has 0 heterocycles. The minimum absolute atomic E-state index is 0. The molecular formula is C41H59F2N5O4. The van der Waals surface area contributed by atoms with Gasteiger partial charge in [-0.15, -0.1) is 0 Å². The van der Waals surface area contributed by atoms with E-state index in [1.807, 2.05) is 80.5 Å². The van der Waals surface area contributed by atoms with E-state index in [9.17, 15) is 29.0 Å². The van der Waals surface area contributed by atoms with Gasteiger partial charge in [0.05, 0.1) is 15.9 Å². The minimum Gasteiger partial charge on any atom is -0.399 e. The Morgan fingerprint density at radius 1 is 0.481 bits per heavy atom. The fourth-order valence-corrected chi connectivity index (χ4v) is 4.89. The molecule has 0 aliphatic rings. The van der Waals surface area contributed by atoms with Gasteiger partial charge in [-0.3, -0.25) is 20.2 Å². The second-order valence-electron chi connectivity index (χ2n) is 16.3. The summed E-state index contributed by atoms with van der Waals surface area (Å²) in [6.07, 6.45) is 0. The summed E-state index contributed by atoms with van der Waals surface area (Å²) in [5.41, 5.74) is 21.6. The second-order valence-corrected chi connectivity index (χ2v) is 16.3. The van der Waals surface area contributed by atoms with Gasteiger partial charge in [0.25, 0.3) is 11.4 Å². The summed E-state index contributed by atoms with van der Waals surface area (Å²) < 4.78 is 26.7. The van der Waals surface area contributed by atoms with Gasteiger partial charge in [0.2, 0.25) is 0 Å². The Morgan fingerprint density at radius 3 is 1.15 bits per heavy atom. The number of nitro groups is 2. The highest BCUT2D eigenvalue weighted by molar-refractivity contribution is 5.56. The number of hydrogen-bond donors (Lipinski definition) is 3. The number of nitrogen functional groups attached to an aromatic ring is 3. The van der Waals surface area contributed by atoms with Crippen LogP contribution in [0.2, 0.25) is 0 Å². The van der Waals surface area contributed by atoms with Crippen LogP contribution in [0.4, 0.5) is 37.2 Å². The van der Waals surface area contributed by atoms with E-state index in [1.165, 1.54) is 35.9 Å². The van der Waals surface area contributed by atoms with Gasteiger partial charge in [0, 0.05) is 35.3 Å². The van der Waals surface area contributed by atoms with Gasteiger partial charge in [-0.25, -0.2) is 8.78 Å². The van der Waals surface area contributed by atoms with Crippen molar-refractivity contribution in [1.82, 2.24) is 0 Å². The molecule has 0 spiro atoms. The van der Waals surface area contributed by atoms with Crippen LogP contribution in [0.3, 0.4) is 0 Å². The first-order chi connectivity index (χ1) is 23.1. The molecule has 0 radical (unpaired) electrons. The molecule has 0 amide bonds. The van der Waals surface area contributed by atoms with Crippen LogP contribution in [0.1, 0.15) is 113 Å². The lowest BCUT2D eigenvalue weighted by atomic mass is 9.86. The first-order valence-corrected chi connectivity index (χ1v) is 16.5. The van der Waals surface area contributed by atoms with Crippen LogP contribution in [-0.2, 0) is 21.7 Å². The third-order valence-corrected chi connectivity index (χ3v) is 7.60. The summed E-state index contributed by atoms with van der Waals surface area (Å²) in [7, 11) is 0. The minimum atomic E-state index is -0.602. The van der Waals surface area contributed by atoms with Gasteiger partial charge in [-0.2, -0.15) is 0 Å². The lowest BCUT2D eigenvalue weighted by Gasteiger charge is -2.20. The van der Waals surface area contributed by atoms with Crippen LogP contribution >= 0.6 is 0 Å². The molecule has 11 heteroatoms. The molecule has 0 fully saturated rings. The van der Waals surface area contributed by atoms with Crippen molar-refractivity contribution in [3.05, 3.63) is 133 Å². The normalized spacial score (nSPS) is 11.3. The highest BCUT2D eigenvalue weighted by Gasteiger charge is 2.21. The maximum Gasteiger partial charge on any atom is 0.272 e. The molecule has 0 unspecified atom stereocenters.